The van der Waals surface area contributed by atoms with Crippen molar-refractivity contribution in [1.82, 2.24) is 73.3 Å². The highest BCUT2D eigenvalue weighted by Gasteiger charge is 2.55. The first-order valence-corrected chi connectivity index (χ1v) is 70.7. The van der Waals surface area contributed by atoms with Gasteiger partial charge in [0.2, 0.25) is 0 Å². The van der Waals surface area contributed by atoms with Crippen molar-refractivity contribution >= 4 is 102 Å². The fourth-order valence-corrected chi connectivity index (χ4v) is 23.2. The maximum atomic E-state index is 10.9. The number of carbonyl (C=O) groups is 1. The number of halogens is 1. The molecule has 0 aromatic carbocycles. The number of hydrogen-bond acceptors (Lipinski definition) is 26. The van der Waals surface area contributed by atoms with E-state index in [1.54, 1.807) is 87.0 Å². The van der Waals surface area contributed by atoms with Gasteiger partial charge in [0.05, 0.1) is 129 Å². The number of aromatic nitrogens is 12. The van der Waals surface area contributed by atoms with Crippen LogP contribution in [-0.4, -0.2) is 283 Å². The minimum absolute atomic E-state index is 0. The van der Waals surface area contributed by atoms with Crippen LogP contribution in [0.2, 0.25) is 109 Å². The second-order valence-electron chi connectivity index (χ2n) is 48.4. The Hall–Kier alpha value is -6.18. The highest BCUT2D eigenvalue weighted by molar-refractivity contribution is 14.1. The second kappa shape index (κ2) is 57.9. The van der Waals surface area contributed by atoms with Gasteiger partial charge in [0.1, 0.15) is 41.8 Å². The molecule has 0 aliphatic carbocycles. The van der Waals surface area contributed by atoms with Gasteiger partial charge in [-0.2, -0.15) is 0 Å². The van der Waals surface area contributed by atoms with Crippen molar-refractivity contribution in [3.8, 4) is 17.1 Å². The lowest BCUT2D eigenvalue weighted by molar-refractivity contribution is -0.145. The summed E-state index contributed by atoms with van der Waals surface area (Å²) in [4.78, 5) is 53.4. The molecular formula is C107H194IN19O11Si6. The van der Waals surface area contributed by atoms with Gasteiger partial charge in [-0.3, -0.25) is 14.7 Å². The minimum Gasteiger partial charge on any atom is -0.415 e. The van der Waals surface area contributed by atoms with E-state index in [1.165, 1.54) is 19.3 Å². The quantitative estimate of drug-likeness (QED) is 0.00745. The van der Waals surface area contributed by atoms with Crippen molar-refractivity contribution in [1.29, 1.82) is 0 Å². The lowest BCUT2D eigenvalue weighted by atomic mass is 9.88. The van der Waals surface area contributed by atoms with Gasteiger partial charge < -0.3 is 92.6 Å². The molecule has 37 heteroatoms. The van der Waals surface area contributed by atoms with Gasteiger partial charge >= 0.3 is 0 Å². The zero-order valence-electron chi connectivity index (χ0n) is 93.6. The van der Waals surface area contributed by atoms with Crippen molar-refractivity contribution in [2.45, 2.75) is 393 Å². The van der Waals surface area contributed by atoms with Crippen LogP contribution in [0.1, 0.15) is 223 Å². The lowest BCUT2D eigenvalue weighted by Gasteiger charge is -2.54. The zero-order valence-corrected chi connectivity index (χ0v) is 102. The molecule has 0 radical (unpaired) electrons. The Balaban J connectivity index is 0.000000342. The van der Waals surface area contributed by atoms with Crippen molar-refractivity contribution in [2.24, 2.45) is 11.8 Å². The van der Waals surface area contributed by atoms with E-state index < -0.39 is 74.3 Å². The van der Waals surface area contributed by atoms with Crippen LogP contribution in [0.15, 0.2) is 148 Å². The Morgan fingerprint density at radius 1 is 0.424 bits per heavy atom. The van der Waals surface area contributed by atoms with Crippen LogP contribution < -0.4 is 22.1 Å². The third-order valence-electron chi connectivity index (χ3n) is 31.0. The third-order valence-corrected chi connectivity index (χ3v) is 58.5. The number of piperidine rings is 3. The summed E-state index contributed by atoms with van der Waals surface area (Å²) in [6.45, 7) is 83.4. The first kappa shape index (κ1) is 128. The summed E-state index contributed by atoms with van der Waals surface area (Å²) in [7, 11) is -12.2. The third kappa shape index (κ3) is 40.5. The average molecular weight is 2220 g/mol. The number of nitrogens with one attached hydrogen (secondary N) is 3. The van der Waals surface area contributed by atoms with Crippen LogP contribution in [0.5, 0.6) is 0 Å². The molecule has 0 saturated carbocycles. The van der Waals surface area contributed by atoms with E-state index in [-0.39, 0.29) is 87.3 Å². The molecule has 144 heavy (non-hydrogen) atoms. The van der Waals surface area contributed by atoms with E-state index in [9.17, 15) is 25.2 Å². The van der Waals surface area contributed by atoms with Crippen LogP contribution in [0, 0.1) is 15.4 Å². The number of hydrogen-bond donors (Lipinski definition) is 9. The molecule has 11 rings (SSSR count). The lowest BCUT2D eigenvalue weighted by Crippen LogP contribution is -2.66. The Morgan fingerprint density at radius 2 is 0.764 bits per heavy atom. The average Bonchev–Trinajstić information content (AvgIpc) is 0.960. The number of likely N-dealkylation sites (tertiary alicyclic amines) is 3. The molecule has 3 saturated heterocycles. The molecule has 3 aliphatic rings. The smallest absolute Gasteiger partial charge is 0.192 e. The molecule has 11 N–H and O–H groups in total. The molecule has 0 spiro atoms. The molecular weight excluding hydrogens is 2020 g/mol. The van der Waals surface area contributed by atoms with Gasteiger partial charge in [0, 0.05) is 98.5 Å². The standard InChI is InChI=1S/C39H75N5O3Si3.C31H67NO4Si3.C20H31N5O4.C8H8N4.C5H5IN2.C3H4N2.CH4/c1-31-28-43(25-20-18-17-19-23-41-34-22-21-32(27-42-34)44-26-24-40-30-44)33(29-45-48(11,12)37(2,3)4)36(47-50(15,16)39(8,9)10)35(31)46-49(13,14)38(5,6)7;1-25-23-32(21-19-17-18-20-22-33)26(24-34-37(11,12)29(2,3)4)28(36-39(15,16)31(8,9)10)27(25)35-38(13,14)30(5,6)7;26-13-16-19(28)20(29)17(27)12-24(16)9-4-2-1-3-7-22-18-6-5-15(11-23-18)25-10-8-21-14-25;9-8-2-1-7(5-11-8)12-4-3-10-6-12;6-4-1-2-5(7)8-3-4;1-2-5-3-4-1;/h21-22,24,26-27,30-31,33,35-36H,17-20,23,25,28-29H2,1-16H3,(H,41,42);22,25-28H,17-21,23-24H2,1-16H3;5-6,8,10-11,14,16-17,19-20,26-29H,1-4,7,9,12-13H2,(H,22,23);1-6H,(H2,9,11);1-3H,(H2,7,8);1-3H,(H,4,5);1H4/t31-,33+,35+,36+;25-,26+,27+,28+;16-,17+,19-,20-;;;;/m001..../s1. The number of aromatic amines is 1. The molecule has 12 atom stereocenters. The first-order chi connectivity index (χ1) is 66.5. The maximum Gasteiger partial charge on any atom is 0.192 e. The monoisotopic (exact) mass is 2220 g/mol. The number of aliphatic hydroxyl groups excluding tert-OH is 4. The number of anilines is 4. The van der Waals surface area contributed by atoms with Crippen molar-refractivity contribution in [3.05, 3.63) is 152 Å². The van der Waals surface area contributed by atoms with E-state index in [2.05, 4.69) is 311 Å². The summed E-state index contributed by atoms with van der Waals surface area (Å²) in [5, 5.41) is 46.7. The highest BCUT2D eigenvalue weighted by atomic mass is 127. The number of imidazole rings is 4. The Bertz CT molecular complexity index is 4750. The zero-order chi connectivity index (χ0) is 107. The molecule has 0 bridgehead atoms. The maximum absolute atomic E-state index is 10.9. The van der Waals surface area contributed by atoms with Crippen molar-refractivity contribution in [3.63, 3.8) is 0 Å². The fraction of sp³-hybridized carbons (Fsp3) is 0.692. The topological polar surface area (TPSA) is 373 Å². The first-order valence-electron chi connectivity index (χ1n) is 52.2. The second-order valence-corrected chi connectivity index (χ2v) is 78.3. The summed E-state index contributed by atoms with van der Waals surface area (Å²) in [5.74, 6) is 3.61. The number of carbonyl (C=O) groups excluding carboxylic acids is 1. The number of aldehydes is 1. The largest absolute Gasteiger partial charge is 0.415 e. The normalized spacial score (nSPS) is 21.0. The van der Waals surface area contributed by atoms with Crippen molar-refractivity contribution < 1.29 is 51.8 Å². The number of rotatable bonds is 40. The number of aliphatic hydroxyl groups is 4. The summed E-state index contributed by atoms with van der Waals surface area (Å²) in [6, 6.07) is 15.2. The van der Waals surface area contributed by atoms with Crippen LogP contribution in [0.25, 0.3) is 17.1 Å². The summed E-state index contributed by atoms with van der Waals surface area (Å²) in [6.07, 6.45) is 38.6. The minimum atomic E-state index is -2.12. The Labute approximate surface area is 888 Å². The number of pyridine rings is 4. The van der Waals surface area contributed by atoms with Gasteiger partial charge in [-0.25, -0.2) is 39.9 Å². The van der Waals surface area contributed by atoms with Gasteiger partial charge in [0.25, 0.3) is 0 Å². The summed E-state index contributed by atoms with van der Waals surface area (Å²) >= 11 is 2.18. The number of nitrogens with two attached hydrogens (primary N) is 2. The molecule has 0 unspecified atom stereocenters. The molecule has 11 heterocycles. The highest BCUT2D eigenvalue weighted by Crippen LogP contribution is 2.48. The fourth-order valence-electron chi connectivity index (χ4n) is 15.4. The molecule has 3 fully saturated rings. The van der Waals surface area contributed by atoms with Crippen LogP contribution in [0.3, 0.4) is 0 Å². The van der Waals surface area contributed by atoms with Gasteiger partial charge in [0.15, 0.2) is 49.9 Å². The van der Waals surface area contributed by atoms with E-state index in [0.717, 1.165) is 129 Å². The molecule has 30 nitrogen and oxygen atoms in total. The molecule has 8 aromatic rings. The Kier molecular flexibility index (Phi) is 51.6. The number of H-pyrrole nitrogens is 1. The van der Waals surface area contributed by atoms with Gasteiger partial charge in [-0.05, 0) is 250 Å². The summed E-state index contributed by atoms with van der Waals surface area (Å²) in [5.41, 5.74) is 13.7. The van der Waals surface area contributed by atoms with Crippen LogP contribution in [-0.2, 0) is 31.4 Å². The molecule has 0 amide bonds. The Morgan fingerprint density at radius 3 is 1.05 bits per heavy atom. The van der Waals surface area contributed by atoms with Crippen molar-refractivity contribution in [2.75, 3.05) is 94.3 Å². The van der Waals surface area contributed by atoms with E-state index in [1.807, 2.05) is 73.7 Å². The van der Waals surface area contributed by atoms with E-state index in [4.69, 9.17) is 38.0 Å². The number of nitrogen functional groups attached to an aromatic ring is 2. The molecule has 8 aromatic heterocycles. The molecule has 3 aliphatic heterocycles. The van der Waals surface area contributed by atoms with E-state index in [0.29, 0.717) is 49.7 Å². The van der Waals surface area contributed by atoms with Gasteiger partial charge in [-0.1, -0.05) is 178 Å². The molecule has 814 valence electrons. The van der Waals surface area contributed by atoms with E-state index >= 15 is 0 Å². The van der Waals surface area contributed by atoms with Gasteiger partial charge in [-0.15, -0.1) is 0 Å². The summed E-state index contributed by atoms with van der Waals surface area (Å²) < 4.78 is 50.5. The van der Waals surface area contributed by atoms with Crippen LogP contribution in [0.4, 0.5) is 23.3 Å². The number of nitrogens with zero attached hydrogens (tertiary/aromatic N) is 14. The predicted molar refractivity (Wildman–Crippen MR) is 618 cm³/mol. The number of unbranched alkanes of at least 4 members (excludes halogenated alkanes) is 9. The number of β-amino-alcohol motifs (C(OH)–C–C–N with tert-alkyl or cyclic N) is 1. The van der Waals surface area contributed by atoms with Crippen LogP contribution >= 0.6 is 22.6 Å². The SMILES string of the molecule is C.C[C@H]1CN(CCCCCC=O)[C@H](CO[Si](C)(C)C(C)(C)C)[C@@H](O[Si](C)(C)C(C)(C)C)[C@@H]1O[Si](C)(C)C(C)(C)C.C[C@H]1CN(CCCCCCNc2ccc(-n3ccnc3)cn2)[C@H](CO[Si](C)(C)C(C)(C)C)[C@@H](O[Si](C)(C)C(C)(C)C)[C@@H]1O[Si](C)(C)C(C)(C)C.Nc1ccc(-n2ccnc2)cn1.Nc1ccc(I)cn1.OC[C@@H]1[C@@H](O)[C@H](O)[C@@H](O)CN1CCCCCCNc1ccc(-n2ccnc2)cn1.c1c[nH]cn1. The predicted octanol–water partition coefficient (Wildman–Crippen LogP) is 22.4.